The predicted octanol–water partition coefficient (Wildman–Crippen LogP) is 5.54. The maximum absolute atomic E-state index is 12.8. The van der Waals surface area contributed by atoms with Crippen molar-refractivity contribution in [1.82, 2.24) is 0 Å². The fraction of sp³-hybridized carbons (Fsp3) is 0.0833. The zero-order valence-corrected chi connectivity index (χ0v) is 18.4. The molecular formula is C24H16BrNO6. The number of nitro benzene ring substituents is 1. The van der Waals surface area contributed by atoms with Gasteiger partial charge in [-0.15, -0.1) is 0 Å². The molecule has 0 unspecified atom stereocenters. The van der Waals surface area contributed by atoms with E-state index in [1.54, 1.807) is 55.5 Å². The Labute approximate surface area is 191 Å². The van der Waals surface area contributed by atoms with Gasteiger partial charge in [-0.25, -0.2) is 0 Å². The molecule has 1 aliphatic rings. The van der Waals surface area contributed by atoms with E-state index in [4.69, 9.17) is 9.47 Å². The Hall–Kier alpha value is -3.78. The molecule has 0 spiro atoms. The normalized spacial score (nSPS) is 13.6. The Balaban J connectivity index is 1.50. The third-order valence-electron chi connectivity index (χ3n) is 4.88. The van der Waals surface area contributed by atoms with Crippen LogP contribution in [0.2, 0.25) is 0 Å². The van der Waals surface area contributed by atoms with Crippen LogP contribution in [0.3, 0.4) is 0 Å². The van der Waals surface area contributed by atoms with Gasteiger partial charge in [0, 0.05) is 28.2 Å². The van der Waals surface area contributed by atoms with Crippen molar-refractivity contribution >= 4 is 39.3 Å². The molecule has 0 bridgehead atoms. The molecule has 0 aliphatic carbocycles. The minimum Gasteiger partial charge on any atom is -0.485 e. The van der Waals surface area contributed by atoms with Crippen molar-refractivity contribution in [1.29, 1.82) is 0 Å². The van der Waals surface area contributed by atoms with Crippen molar-refractivity contribution in [3.8, 4) is 11.5 Å². The summed E-state index contributed by atoms with van der Waals surface area (Å²) in [4.78, 5) is 35.4. The van der Waals surface area contributed by atoms with Crippen LogP contribution in [0.15, 0.2) is 70.9 Å². The number of ketones is 2. The minimum atomic E-state index is -0.490. The van der Waals surface area contributed by atoms with E-state index in [-0.39, 0.29) is 29.6 Å². The lowest BCUT2D eigenvalue weighted by atomic mass is 10.0. The molecular weight excluding hydrogens is 478 g/mol. The van der Waals surface area contributed by atoms with Gasteiger partial charge in [0.15, 0.2) is 18.1 Å². The first-order chi connectivity index (χ1) is 15.3. The molecule has 160 valence electrons. The van der Waals surface area contributed by atoms with Crippen molar-refractivity contribution in [2.24, 2.45) is 0 Å². The number of Topliss-reactive ketones (excluding diaryl/α,β-unsaturated/α-hetero) is 2. The first kappa shape index (κ1) is 21.5. The summed E-state index contributed by atoms with van der Waals surface area (Å²) in [6, 6.07) is 16.0. The number of aryl methyl sites for hydroxylation is 1. The number of hydrogen-bond acceptors (Lipinski definition) is 6. The quantitative estimate of drug-likeness (QED) is 0.193. The molecule has 0 amide bonds. The minimum absolute atomic E-state index is 0.0376. The van der Waals surface area contributed by atoms with Crippen LogP contribution in [0.4, 0.5) is 5.69 Å². The molecule has 0 saturated heterocycles. The zero-order valence-electron chi connectivity index (χ0n) is 16.8. The standard InChI is InChI=1S/C24H16BrNO6/c1-14-10-19(31-13-20(27)16-4-6-17(25)7-5-16)12-21-23(14)24(28)22(32-21)11-15-2-8-18(9-3-15)26(29)30/h2-12H,13H2,1H3/b22-11-. The van der Waals surface area contributed by atoms with Gasteiger partial charge in [-0.05, 0) is 54.5 Å². The second-order valence-electron chi connectivity index (χ2n) is 7.12. The molecule has 3 aromatic carbocycles. The molecule has 1 aliphatic heterocycles. The summed E-state index contributed by atoms with van der Waals surface area (Å²) in [5.41, 5.74) is 2.17. The molecule has 0 atom stereocenters. The maximum Gasteiger partial charge on any atom is 0.269 e. The van der Waals surface area contributed by atoms with Crippen LogP contribution in [-0.4, -0.2) is 23.1 Å². The van der Waals surface area contributed by atoms with Crippen molar-refractivity contribution in [3.63, 3.8) is 0 Å². The van der Waals surface area contributed by atoms with Crippen molar-refractivity contribution in [2.75, 3.05) is 6.61 Å². The number of ether oxygens (including phenoxy) is 2. The maximum atomic E-state index is 12.8. The number of nitrogens with zero attached hydrogens (tertiary/aromatic N) is 1. The van der Waals surface area contributed by atoms with Crippen LogP contribution >= 0.6 is 15.9 Å². The lowest BCUT2D eigenvalue weighted by molar-refractivity contribution is -0.384. The Morgan fingerprint density at radius 2 is 1.81 bits per heavy atom. The number of rotatable bonds is 6. The molecule has 0 aromatic heterocycles. The van der Waals surface area contributed by atoms with E-state index < -0.39 is 4.92 Å². The summed E-state index contributed by atoms with van der Waals surface area (Å²) in [7, 11) is 0. The molecule has 8 heteroatoms. The highest BCUT2D eigenvalue weighted by Gasteiger charge is 2.30. The van der Waals surface area contributed by atoms with Crippen LogP contribution in [0.5, 0.6) is 11.5 Å². The predicted molar refractivity (Wildman–Crippen MR) is 121 cm³/mol. The fourth-order valence-electron chi connectivity index (χ4n) is 3.27. The number of benzene rings is 3. The number of allylic oxidation sites excluding steroid dienone is 1. The van der Waals surface area contributed by atoms with Gasteiger partial charge < -0.3 is 9.47 Å². The molecule has 0 N–H and O–H groups in total. The average molecular weight is 494 g/mol. The number of hydrogen-bond donors (Lipinski definition) is 0. The Bertz CT molecular complexity index is 1260. The highest BCUT2D eigenvalue weighted by molar-refractivity contribution is 9.10. The zero-order chi connectivity index (χ0) is 22.8. The number of nitro groups is 1. The van der Waals surface area contributed by atoms with Gasteiger partial charge in [0.1, 0.15) is 11.5 Å². The van der Waals surface area contributed by atoms with Gasteiger partial charge in [-0.1, -0.05) is 28.1 Å². The fourth-order valence-corrected chi connectivity index (χ4v) is 3.54. The summed E-state index contributed by atoms with van der Waals surface area (Å²) < 4.78 is 12.3. The number of carbonyl (C=O) groups excluding carboxylic acids is 2. The van der Waals surface area contributed by atoms with Crippen LogP contribution in [0.25, 0.3) is 6.08 Å². The van der Waals surface area contributed by atoms with Crippen LogP contribution in [-0.2, 0) is 0 Å². The molecule has 4 rings (SSSR count). The molecule has 0 fully saturated rings. The lowest BCUT2D eigenvalue weighted by Gasteiger charge is -2.09. The topological polar surface area (TPSA) is 95.7 Å². The first-order valence-electron chi connectivity index (χ1n) is 9.57. The Kier molecular flexibility index (Phi) is 5.87. The van der Waals surface area contributed by atoms with E-state index in [0.29, 0.717) is 33.8 Å². The molecule has 7 nitrogen and oxygen atoms in total. The summed E-state index contributed by atoms with van der Waals surface area (Å²) in [5.74, 6) is 0.408. The van der Waals surface area contributed by atoms with Crippen molar-refractivity contribution in [2.45, 2.75) is 6.92 Å². The summed E-state index contributed by atoms with van der Waals surface area (Å²) >= 11 is 3.33. The van der Waals surface area contributed by atoms with Gasteiger partial charge in [0.05, 0.1) is 10.5 Å². The Morgan fingerprint density at radius 1 is 1.12 bits per heavy atom. The smallest absolute Gasteiger partial charge is 0.269 e. The van der Waals surface area contributed by atoms with Gasteiger partial charge in [-0.3, -0.25) is 19.7 Å². The van der Waals surface area contributed by atoms with Crippen LogP contribution in [0, 0.1) is 17.0 Å². The van der Waals surface area contributed by atoms with E-state index in [9.17, 15) is 19.7 Å². The number of halogens is 1. The molecule has 3 aromatic rings. The third-order valence-corrected chi connectivity index (χ3v) is 5.41. The van der Waals surface area contributed by atoms with Crippen LogP contribution < -0.4 is 9.47 Å². The highest BCUT2D eigenvalue weighted by atomic mass is 79.9. The van der Waals surface area contributed by atoms with Gasteiger partial charge in [0.25, 0.3) is 5.69 Å². The SMILES string of the molecule is Cc1cc(OCC(=O)c2ccc(Br)cc2)cc2c1C(=O)/C(=C/c1ccc([N+](=O)[O-])cc1)O2. The van der Waals surface area contributed by atoms with Gasteiger partial charge in [0.2, 0.25) is 5.78 Å². The lowest BCUT2D eigenvalue weighted by Crippen LogP contribution is -2.11. The number of fused-ring (bicyclic) bond motifs is 1. The van der Waals surface area contributed by atoms with E-state index in [1.807, 2.05) is 0 Å². The summed E-state index contributed by atoms with van der Waals surface area (Å²) in [6.07, 6.45) is 1.53. The van der Waals surface area contributed by atoms with Crippen LogP contribution in [0.1, 0.15) is 31.8 Å². The van der Waals surface area contributed by atoms with Crippen molar-refractivity contribution in [3.05, 3.63) is 103 Å². The monoisotopic (exact) mass is 493 g/mol. The van der Waals surface area contributed by atoms with Gasteiger partial charge >= 0.3 is 0 Å². The highest BCUT2D eigenvalue weighted by Crippen LogP contribution is 2.37. The third kappa shape index (κ3) is 4.45. The second kappa shape index (κ2) is 8.76. The van der Waals surface area contributed by atoms with E-state index in [1.165, 1.54) is 18.2 Å². The Morgan fingerprint density at radius 3 is 2.47 bits per heavy atom. The van der Waals surface area contributed by atoms with E-state index in [2.05, 4.69) is 15.9 Å². The van der Waals surface area contributed by atoms with E-state index >= 15 is 0 Å². The van der Waals surface area contributed by atoms with Crippen molar-refractivity contribution < 1.29 is 24.0 Å². The summed E-state index contributed by atoms with van der Waals surface area (Å²) in [6.45, 7) is 1.61. The average Bonchev–Trinajstić information content (AvgIpc) is 3.08. The second-order valence-corrected chi connectivity index (χ2v) is 8.04. The van der Waals surface area contributed by atoms with Gasteiger partial charge in [-0.2, -0.15) is 0 Å². The molecule has 0 radical (unpaired) electrons. The largest absolute Gasteiger partial charge is 0.485 e. The molecule has 0 saturated carbocycles. The molecule has 1 heterocycles. The summed E-state index contributed by atoms with van der Waals surface area (Å²) in [5, 5.41) is 10.8. The first-order valence-corrected chi connectivity index (χ1v) is 10.4. The van der Waals surface area contributed by atoms with E-state index in [0.717, 1.165) is 4.47 Å². The molecule has 32 heavy (non-hydrogen) atoms. The number of carbonyl (C=O) groups is 2. The number of non-ortho nitro benzene ring substituents is 1.